The first kappa shape index (κ1) is 20.1. The van der Waals surface area contributed by atoms with Gasteiger partial charge >= 0.3 is 0 Å². The predicted molar refractivity (Wildman–Crippen MR) is 111 cm³/mol. The Morgan fingerprint density at radius 3 is 2.14 bits per heavy atom. The first-order chi connectivity index (χ1) is 14.1. The second-order valence-electron chi connectivity index (χ2n) is 5.92. The standard InChI is InChI=1S/C21H19N3O4S/c25-19(13-23-21(27)18-7-4-12-29-18)22-14-20(26)24-15-8-10-17(11-9-15)28-16-5-2-1-3-6-16/h1-12H,13-14H2,(H,22,25)(H,23,27)(H,24,26). The molecule has 0 radical (unpaired) electrons. The average molecular weight is 409 g/mol. The van der Waals surface area contributed by atoms with Crippen LogP contribution in [0.4, 0.5) is 5.69 Å². The van der Waals surface area contributed by atoms with Crippen molar-refractivity contribution in [3.8, 4) is 11.5 Å². The van der Waals surface area contributed by atoms with Crippen LogP contribution in [0.3, 0.4) is 0 Å². The molecule has 3 rings (SSSR count). The van der Waals surface area contributed by atoms with Crippen molar-refractivity contribution in [2.24, 2.45) is 0 Å². The smallest absolute Gasteiger partial charge is 0.261 e. The lowest BCUT2D eigenvalue weighted by Gasteiger charge is -2.09. The summed E-state index contributed by atoms with van der Waals surface area (Å²) in [5, 5.41) is 9.42. The third kappa shape index (κ3) is 6.47. The van der Waals surface area contributed by atoms with E-state index in [1.165, 1.54) is 11.3 Å². The first-order valence-corrected chi connectivity index (χ1v) is 9.69. The predicted octanol–water partition coefficient (Wildman–Crippen LogP) is 3.03. The molecule has 0 aliphatic heterocycles. The zero-order valence-corrected chi connectivity index (χ0v) is 16.2. The van der Waals surface area contributed by atoms with Crippen molar-refractivity contribution in [3.05, 3.63) is 77.0 Å². The van der Waals surface area contributed by atoms with Crippen molar-refractivity contribution >= 4 is 34.7 Å². The van der Waals surface area contributed by atoms with Gasteiger partial charge in [0.25, 0.3) is 5.91 Å². The number of nitrogens with one attached hydrogen (secondary N) is 3. The molecule has 0 aliphatic carbocycles. The molecular formula is C21H19N3O4S. The number of anilines is 1. The Labute approximate surface area is 171 Å². The minimum atomic E-state index is -0.448. The second-order valence-corrected chi connectivity index (χ2v) is 6.87. The summed E-state index contributed by atoms with van der Waals surface area (Å²) in [4.78, 5) is 36.0. The molecule has 2 aromatic carbocycles. The molecule has 0 fully saturated rings. The molecule has 3 aromatic rings. The highest BCUT2D eigenvalue weighted by Crippen LogP contribution is 2.22. The van der Waals surface area contributed by atoms with Gasteiger partial charge in [0.2, 0.25) is 11.8 Å². The quantitative estimate of drug-likeness (QED) is 0.533. The number of amides is 3. The number of hydrogen-bond donors (Lipinski definition) is 3. The van der Waals surface area contributed by atoms with Crippen LogP contribution in [0.5, 0.6) is 11.5 Å². The van der Waals surface area contributed by atoms with Crippen molar-refractivity contribution in [1.82, 2.24) is 10.6 Å². The number of carbonyl (C=O) groups is 3. The molecule has 3 N–H and O–H groups in total. The molecule has 0 saturated carbocycles. The highest BCUT2D eigenvalue weighted by atomic mass is 32.1. The molecule has 1 aromatic heterocycles. The lowest BCUT2D eigenvalue weighted by molar-refractivity contribution is -0.123. The summed E-state index contributed by atoms with van der Waals surface area (Å²) in [6.07, 6.45) is 0. The van der Waals surface area contributed by atoms with Gasteiger partial charge in [-0.2, -0.15) is 0 Å². The Hall–Kier alpha value is -3.65. The summed E-state index contributed by atoms with van der Waals surface area (Å²) in [6.45, 7) is -0.397. The van der Waals surface area contributed by atoms with E-state index in [0.29, 0.717) is 16.3 Å². The van der Waals surface area contributed by atoms with Crippen LogP contribution in [-0.4, -0.2) is 30.8 Å². The van der Waals surface area contributed by atoms with E-state index in [0.717, 1.165) is 5.75 Å². The Balaban J connectivity index is 1.38. The Kier molecular flexibility index (Phi) is 6.96. The number of rotatable bonds is 8. The zero-order valence-electron chi connectivity index (χ0n) is 15.4. The molecule has 7 nitrogen and oxygen atoms in total. The van der Waals surface area contributed by atoms with E-state index in [-0.39, 0.29) is 24.9 Å². The van der Waals surface area contributed by atoms with E-state index in [1.807, 2.05) is 30.3 Å². The summed E-state index contributed by atoms with van der Waals surface area (Å²) in [5.74, 6) is 0.218. The average Bonchev–Trinajstić information content (AvgIpc) is 3.28. The summed E-state index contributed by atoms with van der Waals surface area (Å²) >= 11 is 1.29. The molecule has 0 saturated heterocycles. The lowest BCUT2D eigenvalue weighted by atomic mass is 10.3. The molecule has 3 amide bonds. The molecule has 8 heteroatoms. The molecule has 0 atom stereocenters. The Bertz CT molecular complexity index is 957. The summed E-state index contributed by atoms with van der Waals surface area (Å²) in [5.41, 5.74) is 0.579. The maximum Gasteiger partial charge on any atom is 0.261 e. The highest BCUT2D eigenvalue weighted by molar-refractivity contribution is 7.12. The summed E-state index contributed by atoms with van der Waals surface area (Å²) < 4.78 is 5.69. The first-order valence-electron chi connectivity index (χ1n) is 8.81. The third-order valence-corrected chi connectivity index (χ3v) is 4.59. The van der Waals surface area contributed by atoms with Gasteiger partial charge in [-0.15, -0.1) is 11.3 Å². The lowest BCUT2D eigenvalue weighted by Crippen LogP contribution is -2.40. The van der Waals surface area contributed by atoms with Gasteiger partial charge in [-0.1, -0.05) is 24.3 Å². The van der Waals surface area contributed by atoms with Gasteiger partial charge in [0.1, 0.15) is 11.5 Å². The van der Waals surface area contributed by atoms with E-state index in [4.69, 9.17) is 4.74 Å². The largest absolute Gasteiger partial charge is 0.457 e. The van der Waals surface area contributed by atoms with Crippen LogP contribution < -0.4 is 20.7 Å². The molecule has 1 heterocycles. The van der Waals surface area contributed by atoms with E-state index >= 15 is 0 Å². The van der Waals surface area contributed by atoms with E-state index in [1.54, 1.807) is 41.8 Å². The van der Waals surface area contributed by atoms with E-state index in [2.05, 4.69) is 16.0 Å². The van der Waals surface area contributed by atoms with Crippen molar-refractivity contribution in [2.45, 2.75) is 0 Å². The zero-order chi connectivity index (χ0) is 20.5. The molecule has 148 valence electrons. The van der Waals surface area contributed by atoms with Crippen molar-refractivity contribution < 1.29 is 19.1 Å². The van der Waals surface area contributed by atoms with Gasteiger partial charge in [-0.25, -0.2) is 0 Å². The van der Waals surface area contributed by atoms with Crippen LogP contribution in [0.2, 0.25) is 0 Å². The Morgan fingerprint density at radius 1 is 0.759 bits per heavy atom. The fourth-order valence-electron chi connectivity index (χ4n) is 2.33. The SMILES string of the molecule is O=C(CNC(=O)c1cccs1)NCC(=O)Nc1ccc(Oc2ccccc2)cc1. The Morgan fingerprint density at radius 2 is 1.45 bits per heavy atom. The van der Waals surface area contributed by atoms with Crippen LogP contribution in [-0.2, 0) is 9.59 Å². The van der Waals surface area contributed by atoms with Gasteiger partial charge in [-0.3, -0.25) is 14.4 Å². The summed E-state index contributed by atoms with van der Waals surface area (Å²) in [7, 11) is 0. The molecule has 29 heavy (non-hydrogen) atoms. The number of ether oxygens (including phenoxy) is 1. The number of benzene rings is 2. The van der Waals surface area contributed by atoms with Crippen LogP contribution in [0, 0.1) is 0 Å². The molecule has 0 unspecified atom stereocenters. The second kappa shape index (κ2) is 10.0. The van der Waals surface area contributed by atoms with Gasteiger partial charge in [0.05, 0.1) is 18.0 Å². The maximum absolute atomic E-state index is 12.0. The van der Waals surface area contributed by atoms with E-state index in [9.17, 15) is 14.4 Å². The van der Waals surface area contributed by atoms with Crippen molar-refractivity contribution in [3.63, 3.8) is 0 Å². The number of thiophene rings is 1. The summed E-state index contributed by atoms with van der Waals surface area (Å²) in [6, 6.07) is 19.7. The van der Waals surface area contributed by atoms with Crippen molar-refractivity contribution in [2.75, 3.05) is 18.4 Å². The molecule has 0 bridgehead atoms. The normalized spacial score (nSPS) is 10.1. The fourth-order valence-corrected chi connectivity index (χ4v) is 2.97. The highest BCUT2D eigenvalue weighted by Gasteiger charge is 2.10. The number of hydrogen-bond acceptors (Lipinski definition) is 5. The van der Waals surface area contributed by atoms with Gasteiger partial charge < -0.3 is 20.7 Å². The third-order valence-electron chi connectivity index (χ3n) is 3.72. The fraction of sp³-hybridized carbons (Fsp3) is 0.0952. The number of para-hydroxylation sites is 1. The van der Waals surface area contributed by atoms with Crippen LogP contribution >= 0.6 is 11.3 Å². The topological polar surface area (TPSA) is 96.5 Å². The minimum absolute atomic E-state index is 0.198. The monoisotopic (exact) mass is 409 g/mol. The maximum atomic E-state index is 12.0. The van der Waals surface area contributed by atoms with Gasteiger partial charge in [0.15, 0.2) is 0 Å². The van der Waals surface area contributed by atoms with Crippen LogP contribution in [0.15, 0.2) is 72.1 Å². The molecule has 0 spiro atoms. The molecule has 0 aliphatic rings. The van der Waals surface area contributed by atoms with Crippen molar-refractivity contribution in [1.29, 1.82) is 0 Å². The van der Waals surface area contributed by atoms with Crippen LogP contribution in [0.25, 0.3) is 0 Å². The van der Waals surface area contributed by atoms with E-state index < -0.39 is 5.91 Å². The van der Waals surface area contributed by atoms with Gasteiger partial charge in [-0.05, 0) is 47.8 Å². The minimum Gasteiger partial charge on any atom is -0.457 e. The van der Waals surface area contributed by atoms with Gasteiger partial charge in [0, 0.05) is 5.69 Å². The molecular weight excluding hydrogens is 390 g/mol. The van der Waals surface area contributed by atoms with Crippen LogP contribution in [0.1, 0.15) is 9.67 Å². The number of carbonyl (C=O) groups excluding carboxylic acids is 3.